The van der Waals surface area contributed by atoms with Crippen LogP contribution in [0.5, 0.6) is 0 Å². The molecular weight excluding hydrogens is 200 g/mol. The lowest BCUT2D eigenvalue weighted by atomic mass is 9.72. The van der Waals surface area contributed by atoms with Gasteiger partial charge in [-0.3, -0.25) is 9.69 Å². The van der Waals surface area contributed by atoms with Crippen molar-refractivity contribution in [1.29, 1.82) is 0 Å². The molecule has 1 amide bonds. The SMILES string of the molecule is CCC(C)C1(C(C)C)CN(C)CC(=O)N1C. The van der Waals surface area contributed by atoms with E-state index in [4.69, 9.17) is 0 Å². The van der Waals surface area contributed by atoms with Gasteiger partial charge in [0.1, 0.15) is 0 Å². The highest BCUT2D eigenvalue weighted by molar-refractivity contribution is 5.80. The van der Waals surface area contributed by atoms with Gasteiger partial charge in [-0.05, 0) is 18.9 Å². The smallest absolute Gasteiger partial charge is 0.237 e. The Morgan fingerprint density at radius 3 is 2.31 bits per heavy atom. The fourth-order valence-electron chi connectivity index (χ4n) is 3.14. The number of nitrogens with zero attached hydrogens (tertiary/aromatic N) is 2. The van der Waals surface area contributed by atoms with Crippen molar-refractivity contribution in [3.8, 4) is 0 Å². The molecule has 0 aliphatic carbocycles. The third-order valence-corrected chi connectivity index (χ3v) is 4.39. The predicted octanol–water partition coefficient (Wildman–Crippen LogP) is 1.83. The largest absolute Gasteiger partial charge is 0.337 e. The molecule has 16 heavy (non-hydrogen) atoms. The van der Waals surface area contributed by atoms with Gasteiger partial charge in [-0.1, -0.05) is 34.1 Å². The zero-order chi connectivity index (χ0) is 12.5. The van der Waals surface area contributed by atoms with Crippen LogP contribution in [0.4, 0.5) is 0 Å². The maximum Gasteiger partial charge on any atom is 0.237 e. The Labute approximate surface area is 99.8 Å². The number of rotatable bonds is 3. The summed E-state index contributed by atoms with van der Waals surface area (Å²) in [6.07, 6.45) is 1.11. The number of carbonyl (C=O) groups is 1. The molecule has 94 valence electrons. The zero-order valence-electron chi connectivity index (χ0n) is 11.6. The van der Waals surface area contributed by atoms with E-state index >= 15 is 0 Å². The Morgan fingerprint density at radius 2 is 1.88 bits per heavy atom. The van der Waals surface area contributed by atoms with Crippen molar-refractivity contribution < 1.29 is 4.79 Å². The average Bonchev–Trinajstić information content (AvgIpc) is 2.21. The van der Waals surface area contributed by atoms with Crippen molar-refractivity contribution in [1.82, 2.24) is 9.80 Å². The minimum atomic E-state index is -0.00116. The normalized spacial score (nSPS) is 29.9. The van der Waals surface area contributed by atoms with E-state index in [1.54, 1.807) is 0 Å². The second-order valence-electron chi connectivity index (χ2n) is 5.58. The van der Waals surface area contributed by atoms with Crippen LogP contribution in [0.15, 0.2) is 0 Å². The molecular formula is C13H26N2O. The Hall–Kier alpha value is -0.570. The number of amides is 1. The number of hydrogen-bond donors (Lipinski definition) is 0. The Bertz CT molecular complexity index is 265. The lowest BCUT2D eigenvalue weighted by molar-refractivity contribution is -0.150. The maximum absolute atomic E-state index is 12.0. The van der Waals surface area contributed by atoms with Crippen LogP contribution in [-0.4, -0.2) is 48.4 Å². The van der Waals surface area contributed by atoms with Crippen molar-refractivity contribution in [2.24, 2.45) is 11.8 Å². The van der Waals surface area contributed by atoms with E-state index in [-0.39, 0.29) is 11.4 Å². The lowest BCUT2D eigenvalue weighted by Crippen LogP contribution is -2.67. The molecule has 1 rings (SSSR count). The average molecular weight is 226 g/mol. The van der Waals surface area contributed by atoms with Crippen LogP contribution in [0, 0.1) is 11.8 Å². The summed E-state index contributed by atoms with van der Waals surface area (Å²) in [7, 11) is 4.02. The van der Waals surface area contributed by atoms with Crippen LogP contribution in [0.1, 0.15) is 34.1 Å². The Balaban J connectivity index is 3.11. The van der Waals surface area contributed by atoms with Crippen molar-refractivity contribution in [3.63, 3.8) is 0 Å². The van der Waals surface area contributed by atoms with E-state index in [1.165, 1.54) is 0 Å². The van der Waals surface area contributed by atoms with Crippen LogP contribution in [0.25, 0.3) is 0 Å². The fourth-order valence-corrected chi connectivity index (χ4v) is 3.14. The first-order valence-corrected chi connectivity index (χ1v) is 6.31. The molecule has 0 bridgehead atoms. The van der Waals surface area contributed by atoms with Crippen LogP contribution in [0.2, 0.25) is 0 Å². The van der Waals surface area contributed by atoms with E-state index in [0.717, 1.165) is 13.0 Å². The highest BCUT2D eigenvalue weighted by atomic mass is 16.2. The molecule has 0 aromatic carbocycles. The third kappa shape index (κ3) is 1.97. The molecule has 3 heteroatoms. The molecule has 1 saturated heterocycles. The van der Waals surface area contributed by atoms with Crippen LogP contribution in [0.3, 0.4) is 0 Å². The van der Waals surface area contributed by atoms with E-state index < -0.39 is 0 Å². The van der Waals surface area contributed by atoms with Crippen molar-refractivity contribution >= 4 is 5.91 Å². The van der Waals surface area contributed by atoms with Gasteiger partial charge in [0.05, 0.1) is 12.1 Å². The number of piperazine rings is 1. The van der Waals surface area contributed by atoms with Gasteiger partial charge < -0.3 is 4.90 Å². The van der Waals surface area contributed by atoms with Gasteiger partial charge in [-0.15, -0.1) is 0 Å². The summed E-state index contributed by atoms with van der Waals surface area (Å²) in [5.74, 6) is 1.27. The van der Waals surface area contributed by atoms with E-state index in [1.807, 2.05) is 19.0 Å². The molecule has 1 aliphatic heterocycles. The molecule has 0 aromatic rings. The number of likely N-dealkylation sites (N-methyl/N-ethyl adjacent to an activating group) is 2. The summed E-state index contributed by atoms with van der Waals surface area (Å²) in [5, 5.41) is 0. The minimum Gasteiger partial charge on any atom is -0.337 e. The first-order valence-electron chi connectivity index (χ1n) is 6.31. The minimum absolute atomic E-state index is 0.00116. The summed E-state index contributed by atoms with van der Waals surface area (Å²) in [5.41, 5.74) is -0.00116. The van der Waals surface area contributed by atoms with Gasteiger partial charge in [-0.2, -0.15) is 0 Å². The van der Waals surface area contributed by atoms with Gasteiger partial charge in [0, 0.05) is 13.6 Å². The molecule has 3 nitrogen and oxygen atoms in total. The molecule has 0 saturated carbocycles. The molecule has 2 unspecified atom stereocenters. The first-order chi connectivity index (χ1) is 7.36. The molecule has 1 fully saturated rings. The van der Waals surface area contributed by atoms with E-state index in [2.05, 4.69) is 32.6 Å². The second kappa shape index (κ2) is 4.74. The van der Waals surface area contributed by atoms with Crippen LogP contribution >= 0.6 is 0 Å². The van der Waals surface area contributed by atoms with Gasteiger partial charge in [0.15, 0.2) is 0 Å². The fraction of sp³-hybridized carbons (Fsp3) is 0.923. The summed E-state index contributed by atoms with van der Waals surface area (Å²) in [4.78, 5) is 16.2. The summed E-state index contributed by atoms with van der Waals surface area (Å²) in [6.45, 7) is 10.5. The van der Waals surface area contributed by atoms with E-state index in [0.29, 0.717) is 18.4 Å². The van der Waals surface area contributed by atoms with Crippen LogP contribution < -0.4 is 0 Å². The maximum atomic E-state index is 12.0. The Kier molecular flexibility index (Phi) is 4.00. The number of hydrogen-bond acceptors (Lipinski definition) is 2. The summed E-state index contributed by atoms with van der Waals surface area (Å²) >= 11 is 0. The van der Waals surface area contributed by atoms with Crippen molar-refractivity contribution in [3.05, 3.63) is 0 Å². The highest BCUT2D eigenvalue weighted by Gasteiger charge is 2.47. The third-order valence-electron chi connectivity index (χ3n) is 4.39. The standard InChI is InChI=1S/C13H26N2O/c1-7-11(4)13(10(2)3)9-14(5)8-12(16)15(13)6/h10-11H,7-9H2,1-6H3. The molecule has 2 atom stereocenters. The van der Waals surface area contributed by atoms with E-state index in [9.17, 15) is 4.79 Å². The van der Waals surface area contributed by atoms with Crippen molar-refractivity contribution in [2.45, 2.75) is 39.7 Å². The molecule has 0 spiro atoms. The quantitative estimate of drug-likeness (QED) is 0.733. The van der Waals surface area contributed by atoms with Crippen LogP contribution in [-0.2, 0) is 4.79 Å². The zero-order valence-corrected chi connectivity index (χ0v) is 11.6. The van der Waals surface area contributed by atoms with Gasteiger partial charge in [0.2, 0.25) is 5.91 Å². The molecule has 0 aromatic heterocycles. The lowest BCUT2D eigenvalue weighted by Gasteiger charge is -2.54. The summed E-state index contributed by atoms with van der Waals surface area (Å²) < 4.78 is 0. The molecule has 1 heterocycles. The Morgan fingerprint density at radius 1 is 1.31 bits per heavy atom. The number of carbonyl (C=O) groups excluding carboxylic acids is 1. The predicted molar refractivity (Wildman–Crippen MR) is 67.3 cm³/mol. The molecule has 0 N–H and O–H groups in total. The first kappa shape index (κ1) is 13.5. The van der Waals surface area contributed by atoms with Gasteiger partial charge >= 0.3 is 0 Å². The molecule has 1 aliphatic rings. The van der Waals surface area contributed by atoms with Gasteiger partial charge in [-0.25, -0.2) is 0 Å². The van der Waals surface area contributed by atoms with Crippen molar-refractivity contribution in [2.75, 3.05) is 27.2 Å². The molecule has 0 radical (unpaired) electrons. The van der Waals surface area contributed by atoms with Gasteiger partial charge in [0.25, 0.3) is 0 Å². The topological polar surface area (TPSA) is 23.6 Å². The second-order valence-corrected chi connectivity index (χ2v) is 5.58. The monoisotopic (exact) mass is 226 g/mol. The highest BCUT2D eigenvalue weighted by Crippen LogP contribution is 2.36. The summed E-state index contributed by atoms with van der Waals surface area (Å²) in [6, 6.07) is 0.